The lowest BCUT2D eigenvalue weighted by Crippen LogP contribution is -2.62. The second kappa shape index (κ2) is 4.81. The van der Waals surface area contributed by atoms with E-state index in [4.69, 9.17) is 0 Å². The van der Waals surface area contributed by atoms with Gasteiger partial charge in [-0.25, -0.2) is 0 Å². The van der Waals surface area contributed by atoms with Gasteiger partial charge >= 0.3 is 0 Å². The quantitative estimate of drug-likeness (QED) is 0.810. The van der Waals surface area contributed by atoms with E-state index in [-0.39, 0.29) is 0 Å². The minimum absolute atomic E-state index is 0.623. The van der Waals surface area contributed by atoms with Crippen LogP contribution < -0.4 is 5.32 Å². The van der Waals surface area contributed by atoms with Gasteiger partial charge in [-0.3, -0.25) is 4.79 Å². The molecule has 1 saturated heterocycles. The van der Waals surface area contributed by atoms with Crippen LogP contribution in [0.25, 0.3) is 0 Å². The maximum atomic E-state index is 12.7. The summed E-state index contributed by atoms with van der Waals surface area (Å²) in [6.07, 6.45) is 0. The summed E-state index contributed by atoms with van der Waals surface area (Å²) in [6.45, 7) is 3.24. The van der Waals surface area contributed by atoms with Gasteiger partial charge in [0.25, 0.3) is 0 Å². The predicted molar refractivity (Wildman–Crippen MR) is 82.3 cm³/mol. The molecule has 24 heavy (non-hydrogen) atoms. The van der Waals surface area contributed by atoms with Gasteiger partial charge in [0.1, 0.15) is 5.72 Å². The van der Waals surface area contributed by atoms with Gasteiger partial charge in [-0.1, -0.05) is 44.2 Å². The number of fused-ring (bicyclic) bond motifs is 2. The van der Waals surface area contributed by atoms with E-state index in [2.05, 4.69) is 5.32 Å². The third-order valence-corrected chi connectivity index (χ3v) is 5.95. The lowest BCUT2D eigenvalue weighted by atomic mass is 9.45. The molecule has 0 unspecified atom stereocenters. The van der Waals surface area contributed by atoms with E-state index in [9.17, 15) is 25.7 Å². The second-order valence-corrected chi connectivity index (χ2v) is 6.63. The maximum Gasteiger partial charge on any atom is 0.245 e. The first-order valence-corrected chi connectivity index (χ1v) is 7.69. The monoisotopic (exact) mass is 320 g/mol. The average Bonchev–Trinajstić information content (AvgIpc) is 2.77. The van der Waals surface area contributed by atoms with Crippen LogP contribution in [0.15, 0.2) is 30.3 Å². The Morgan fingerprint density at radius 1 is 1.08 bits per heavy atom. The molecule has 0 spiro atoms. The molecule has 3 rings (SSSR count). The van der Waals surface area contributed by atoms with Crippen LogP contribution in [0.4, 0.5) is 0 Å². The average molecular weight is 320 g/mol. The highest BCUT2D eigenvalue weighted by molar-refractivity contribution is 5.92. The van der Waals surface area contributed by atoms with Gasteiger partial charge in [0.05, 0.1) is 18.2 Å². The molecule has 120 valence electrons. The van der Waals surface area contributed by atoms with Crippen molar-refractivity contribution in [3.05, 3.63) is 35.9 Å². The first-order valence-electron chi connectivity index (χ1n) is 7.69. The van der Waals surface area contributed by atoms with Gasteiger partial charge in [-0.2, -0.15) is 15.8 Å². The zero-order valence-electron chi connectivity index (χ0n) is 13.3. The van der Waals surface area contributed by atoms with E-state index in [1.165, 1.54) is 0 Å². The molecule has 1 aliphatic carbocycles. The number of nitriles is 3. The number of hydrogen-bond donors (Lipinski definition) is 2. The number of carbonyl (C=O) groups is 1. The number of amides is 1. The number of hydrogen-bond acceptors (Lipinski definition) is 5. The van der Waals surface area contributed by atoms with Crippen LogP contribution in [0.2, 0.25) is 0 Å². The molecule has 2 bridgehead atoms. The molecule has 1 aromatic rings. The number of nitrogens with zero attached hydrogens (tertiary/aromatic N) is 3. The van der Waals surface area contributed by atoms with E-state index < -0.39 is 40.2 Å². The molecular weight excluding hydrogens is 304 g/mol. The fourth-order valence-corrected chi connectivity index (χ4v) is 4.59. The molecule has 5 atom stereocenters. The number of aliphatic hydroxyl groups is 1. The van der Waals surface area contributed by atoms with Gasteiger partial charge in [-0.15, -0.1) is 0 Å². The summed E-state index contributed by atoms with van der Waals surface area (Å²) in [6, 6.07) is 14.7. The third kappa shape index (κ3) is 1.44. The lowest BCUT2D eigenvalue weighted by molar-refractivity contribution is -0.135. The van der Waals surface area contributed by atoms with Crippen LogP contribution in [0, 0.1) is 56.7 Å². The number of nitrogens with one attached hydrogen (secondary N) is 1. The molecule has 1 saturated carbocycles. The molecule has 6 nitrogen and oxygen atoms in total. The molecule has 1 amide bonds. The van der Waals surface area contributed by atoms with Crippen molar-refractivity contribution >= 4 is 5.91 Å². The standard InChI is InChI=1S/C18H16N4O2/c1-11-14(13-6-4-3-5-7-13)16(8-19,9-20)17(10-21)12(2)18(11,24)22-15(17)23/h3-7,11-12,14,24H,1-2H3,(H,22,23)/t11-,12+,14-,17-,18-/m0/s1. The minimum Gasteiger partial charge on any atom is -0.370 e. The molecule has 2 N–H and O–H groups in total. The van der Waals surface area contributed by atoms with Crippen molar-refractivity contribution in [3.63, 3.8) is 0 Å². The zero-order chi connectivity index (χ0) is 17.8. The molecule has 6 heteroatoms. The highest BCUT2D eigenvalue weighted by Gasteiger charge is 2.79. The van der Waals surface area contributed by atoms with Crippen molar-refractivity contribution in [1.82, 2.24) is 5.32 Å². The molecule has 1 aliphatic heterocycles. The van der Waals surface area contributed by atoms with E-state index >= 15 is 0 Å². The molecule has 2 fully saturated rings. The molecular formula is C18H16N4O2. The van der Waals surface area contributed by atoms with Crippen LogP contribution in [0.3, 0.4) is 0 Å². The Hall–Kier alpha value is -2.88. The Balaban J connectivity index is 2.40. The van der Waals surface area contributed by atoms with Crippen molar-refractivity contribution in [2.24, 2.45) is 22.7 Å². The van der Waals surface area contributed by atoms with Gasteiger partial charge < -0.3 is 10.4 Å². The fourth-order valence-electron chi connectivity index (χ4n) is 4.59. The second-order valence-electron chi connectivity index (χ2n) is 6.63. The first kappa shape index (κ1) is 16.0. The van der Waals surface area contributed by atoms with Crippen molar-refractivity contribution in [2.75, 3.05) is 0 Å². The van der Waals surface area contributed by atoms with E-state index in [0.29, 0.717) is 5.56 Å². The summed E-state index contributed by atoms with van der Waals surface area (Å²) >= 11 is 0. The van der Waals surface area contributed by atoms with Gasteiger partial charge in [-0.05, 0) is 5.56 Å². The summed E-state index contributed by atoms with van der Waals surface area (Å²) in [7, 11) is 0. The number of rotatable bonds is 1. The lowest BCUT2D eigenvalue weighted by Gasteiger charge is -2.51. The summed E-state index contributed by atoms with van der Waals surface area (Å²) < 4.78 is 0. The molecule has 0 radical (unpaired) electrons. The highest BCUT2D eigenvalue weighted by Crippen LogP contribution is 2.66. The van der Waals surface area contributed by atoms with Gasteiger partial charge in [0.15, 0.2) is 10.8 Å². The maximum absolute atomic E-state index is 12.7. The molecule has 1 heterocycles. The van der Waals surface area contributed by atoms with Crippen molar-refractivity contribution in [2.45, 2.75) is 25.5 Å². The largest absolute Gasteiger partial charge is 0.370 e. The van der Waals surface area contributed by atoms with E-state index in [1.807, 2.05) is 18.2 Å². The van der Waals surface area contributed by atoms with Gasteiger partial charge in [0.2, 0.25) is 5.91 Å². The van der Waals surface area contributed by atoms with Crippen LogP contribution in [-0.2, 0) is 4.79 Å². The van der Waals surface area contributed by atoms with E-state index in [0.717, 1.165) is 0 Å². The number of carbonyl (C=O) groups excluding carboxylic acids is 1. The smallest absolute Gasteiger partial charge is 0.245 e. The minimum atomic E-state index is -1.93. The van der Waals surface area contributed by atoms with Crippen LogP contribution >= 0.6 is 0 Å². The highest BCUT2D eigenvalue weighted by atomic mass is 16.3. The predicted octanol–water partition coefficient (Wildman–Crippen LogP) is 1.42. The molecule has 1 aromatic carbocycles. The Kier molecular flexibility index (Phi) is 3.20. The zero-order valence-corrected chi connectivity index (χ0v) is 13.3. The van der Waals surface area contributed by atoms with Crippen molar-refractivity contribution in [1.29, 1.82) is 15.8 Å². The first-order chi connectivity index (χ1) is 11.4. The Bertz CT molecular complexity index is 817. The van der Waals surface area contributed by atoms with Crippen molar-refractivity contribution in [3.8, 4) is 18.2 Å². The third-order valence-electron chi connectivity index (χ3n) is 5.95. The van der Waals surface area contributed by atoms with Crippen molar-refractivity contribution < 1.29 is 9.90 Å². The topological polar surface area (TPSA) is 121 Å². The number of benzene rings is 1. The van der Waals surface area contributed by atoms with Gasteiger partial charge in [0, 0.05) is 17.8 Å². The summed E-state index contributed by atoms with van der Waals surface area (Å²) in [5, 5.41) is 43.3. The molecule has 2 aliphatic rings. The van der Waals surface area contributed by atoms with Crippen LogP contribution in [0.5, 0.6) is 0 Å². The SMILES string of the molecule is C[C@H]1[C@@H](c2ccccc2)C(C#N)(C#N)[C@]2(C#N)C(=O)N[C@@]1(O)[C@@H]2C. The molecule has 0 aromatic heterocycles. The van der Waals surface area contributed by atoms with Crippen LogP contribution in [-0.4, -0.2) is 16.7 Å². The summed E-state index contributed by atoms with van der Waals surface area (Å²) in [5.74, 6) is -3.05. The summed E-state index contributed by atoms with van der Waals surface area (Å²) in [4.78, 5) is 12.7. The van der Waals surface area contributed by atoms with Crippen LogP contribution in [0.1, 0.15) is 25.3 Å². The normalized spacial score (nSPS) is 39.2. The Labute approximate surface area is 139 Å². The Morgan fingerprint density at radius 2 is 1.67 bits per heavy atom. The Morgan fingerprint density at radius 3 is 2.17 bits per heavy atom. The van der Waals surface area contributed by atoms with E-state index in [1.54, 1.807) is 44.2 Å². The summed E-state index contributed by atoms with van der Waals surface area (Å²) in [5.41, 5.74) is -4.83. The fraction of sp³-hybridized carbons (Fsp3) is 0.444.